The van der Waals surface area contributed by atoms with Gasteiger partial charge in [-0.05, 0) is 45.4 Å². The summed E-state index contributed by atoms with van der Waals surface area (Å²) in [5.41, 5.74) is -1.15. The van der Waals surface area contributed by atoms with Crippen LogP contribution in [0.15, 0.2) is 0 Å². The van der Waals surface area contributed by atoms with Gasteiger partial charge in [0.15, 0.2) is 5.41 Å². The second-order valence-electron chi connectivity index (χ2n) is 6.86. The quantitative estimate of drug-likeness (QED) is 0.355. The largest absolute Gasteiger partial charge is 0.465 e. The van der Waals surface area contributed by atoms with Crippen molar-refractivity contribution in [1.82, 2.24) is 0 Å². The summed E-state index contributed by atoms with van der Waals surface area (Å²) in [6, 6.07) is 0. The molecule has 0 atom stereocenters. The van der Waals surface area contributed by atoms with Gasteiger partial charge < -0.3 is 9.47 Å². The first-order chi connectivity index (χ1) is 11.0. The molecular formula is C19H34O4. The lowest BCUT2D eigenvalue weighted by molar-refractivity contribution is -0.176. The fraction of sp³-hybridized carbons (Fsp3) is 0.895. The van der Waals surface area contributed by atoms with Crippen molar-refractivity contribution in [3.63, 3.8) is 0 Å². The lowest BCUT2D eigenvalue weighted by Crippen LogP contribution is -2.46. The first-order valence-electron chi connectivity index (χ1n) is 9.35. The van der Waals surface area contributed by atoms with Crippen LogP contribution in [0.3, 0.4) is 0 Å². The Morgan fingerprint density at radius 2 is 1.43 bits per heavy atom. The van der Waals surface area contributed by atoms with Gasteiger partial charge in [0.25, 0.3) is 0 Å². The number of carbonyl (C=O) groups excluding carboxylic acids is 2. The number of unbranched alkanes of at least 4 members (excludes halogenated alkanes) is 2. The van der Waals surface area contributed by atoms with Gasteiger partial charge in [0.05, 0.1) is 13.2 Å². The molecule has 0 aromatic carbocycles. The zero-order valence-corrected chi connectivity index (χ0v) is 15.4. The maximum atomic E-state index is 12.4. The molecule has 0 spiro atoms. The van der Waals surface area contributed by atoms with Crippen molar-refractivity contribution in [2.24, 2.45) is 17.3 Å². The van der Waals surface area contributed by atoms with E-state index in [2.05, 4.69) is 6.92 Å². The summed E-state index contributed by atoms with van der Waals surface area (Å²) in [6.45, 7) is 8.06. The first-order valence-corrected chi connectivity index (χ1v) is 9.35. The molecule has 1 fully saturated rings. The molecular weight excluding hydrogens is 292 g/mol. The highest BCUT2D eigenvalue weighted by molar-refractivity contribution is 6.00. The van der Waals surface area contributed by atoms with Crippen LogP contribution in [0.1, 0.15) is 79.1 Å². The van der Waals surface area contributed by atoms with Crippen LogP contribution in [-0.4, -0.2) is 25.2 Å². The molecule has 0 bridgehead atoms. The Labute approximate surface area is 141 Å². The average molecular weight is 326 g/mol. The molecule has 134 valence electrons. The van der Waals surface area contributed by atoms with Crippen LogP contribution in [0, 0.1) is 17.3 Å². The number of ether oxygens (including phenoxy) is 2. The first kappa shape index (κ1) is 20.0. The second-order valence-corrected chi connectivity index (χ2v) is 6.86. The summed E-state index contributed by atoms with van der Waals surface area (Å²) < 4.78 is 10.4. The van der Waals surface area contributed by atoms with Crippen molar-refractivity contribution >= 4 is 11.9 Å². The minimum Gasteiger partial charge on any atom is -0.465 e. The van der Waals surface area contributed by atoms with E-state index in [0.29, 0.717) is 13.2 Å². The van der Waals surface area contributed by atoms with Crippen molar-refractivity contribution in [3.8, 4) is 0 Å². The van der Waals surface area contributed by atoms with Crippen molar-refractivity contribution in [2.75, 3.05) is 13.2 Å². The highest BCUT2D eigenvalue weighted by atomic mass is 16.6. The van der Waals surface area contributed by atoms with Crippen molar-refractivity contribution < 1.29 is 19.1 Å². The second kappa shape index (κ2) is 9.94. The standard InChI is InChI=1S/C19H34O4/c1-5-8-9-10-15-11-13-16(14-12-15)19(4,17(20)22-6-2)18(21)23-7-3/h15-16H,5-14H2,1-4H3/t15-,16-. The fourth-order valence-electron chi connectivity index (χ4n) is 3.69. The van der Waals surface area contributed by atoms with Crippen LogP contribution in [0.5, 0.6) is 0 Å². The van der Waals surface area contributed by atoms with E-state index in [9.17, 15) is 9.59 Å². The number of esters is 2. The van der Waals surface area contributed by atoms with E-state index in [0.717, 1.165) is 31.6 Å². The zero-order chi connectivity index (χ0) is 17.3. The highest BCUT2D eigenvalue weighted by Gasteiger charge is 2.51. The molecule has 1 rings (SSSR count). The zero-order valence-electron chi connectivity index (χ0n) is 15.4. The lowest BCUT2D eigenvalue weighted by Gasteiger charge is -2.38. The number of hydrogen-bond acceptors (Lipinski definition) is 4. The van der Waals surface area contributed by atoms with E-state index < -0.39 is 17.4 Å². The summed E-state index contributed by atoms with van der Waals surface area (Å²) in [5.74, 6) is -0.0739. The lowest BCUT2D eigenvalue weighted by atomic mass is 9.67. The molecule has 1 aliphatic carbocycles. The van der Waals surface area contributed by atoms with Gasteiger partial charge >= 0.3 is 11.9 Å². The predicted molar refractivity (Wildman–Crippen MR) is 91.0 cm³/mol. The molecule has 0 N–H and O–H groups in total. The Morgan fingerprint density at radius 1 is 0.913 bits per heavy atom. The van der Waals surface area contributed by atoms with Gasteiger partial charge in [-0.25, -0.2) is 0 Å². The molecule has 0 heterocycles. The Kier molecular flexibility index (Phi) is 8.64. The third kappa shape index (κ3) is 5.22. The van der Waals surface area contributed by atoms with Gasteiger partial charge in [-0.2, -0.15) is 0 Å². The molecule has 4 nitrogen and oxygen atoms in total. The fourth-order valence-corrected chi connectivity index (χ4v) is 3.69. The van der Waals surface area contributed by atoms with Gasteiger partial charge in [-0.15, -0.1) is 0 Å². The topological polar surface area (TPSA) is 52.6 Å². The molecule has 4 heteroatoms. The normalized spacial score (nSPS) is 21.7. The molecule has 1 aliphatic rings. The van der Waals surface area contributed by atoms with Crippen LogP contribution in [0.25, 0.3) is 0 Å². The van der Waals surface area contributed by atoms with Gasteiger partial charge in [0, 0.05) is 0 Å². The summed E-state index contributed by atoms with van der Waals surface area (Å²) in [5, 5.41) is 0. The van der Waals surface area contributed by atoms with Crippen molar-refractivity contribution in [2.45, 2.75) is 79.1 Å². The van der Waals surface area contributed by atoms with E-state index >= 15 is 0 Å². The van der Waals surface area contributed by atoms with E-state index in [4.69, 9.17) is 9.47 Å². The molecule has 23 heavy (non-hydrogen) atoms. The molecule has 0 unspecified atom stereocenters. The van der Waals surface area contributed by atoms with E-state index in [1.54, 1.807) is 20.8 Å². The Hall–Kier alpha value is -1.06. The van der Waals surface area contributed by atoms with Crippen LogP contribution < -0.4 is 0 Å². The van der Waals surface area contributed by atoms with Crippen LogP contribution in [0.2, 0.25) is 0 Å². The SMILES string of the molecule is CCCCC[C@H]1CC[C@H](C(C)(C(=O)OCC)C(=O)OCC)CC1. The van der Waals surface area contributed by atoms with E-state index in [1.165, 1.54) is 25.7 Å². The number of carbonyl (C=O) groups is 2. The molecule has 0 aromatic heterocycles. The summed E-state index contributed by atoms with van der Waals surface area (Å²) in [7, 11) is 0. The summed E-state index contributed by atoms with van der Waals surface area (Å²) in [6.07, 6.45) is 9.12. The van der Waals surface area contributed by atoms with Gasteiger partial charge in [-0.3, -0.25) is 9.59 Å². The molecule has 0 aromatic rings. The van der Waals surface area contributed by atoms with Crippen LogP contribution >= 0.6 is 0 Å². The van der Waals surface area contributed by atoms with E-state index in [-0.39, 0.29) is 5.92 Å². The molecule has 0 saturated heterocycles. The highest BCUT2D eigenvalue weighted by Crippen LogP contribution is 2.43. The number of rotatable bonds is 9. The summed E-state index contributed by atoms with van der Waals surface area (Å²) in [4.78, 5) is 24.9. The average Bonchev–Trinajstić information content (AvgIpc) is 2.55. The van der Waals surface area contributed by atoms with Gasteiger partial charge in [0.2, 0.25) is 0 Å². The van der Waals surface area contributed by atoms with E-state index in [1.807, 2.05) is 0 Å². The third-order valence-electron chi connectivity index (χ3n) is 5.28. The molecule has 1 saturated carbocycles. The molecule has 0 aliphatic heterocycles. The summed E-state index contributed by atoms with van der Waals surface area (Å²) >= 11 is 0. The Morgan fingerprint density at radius 3 is 1.87 bits per heavy atom. The van der Waals surface area contributed by atoms with Gasteiger partial charge in [0.1, 0.15) is 0 Å². The Balaban J connectivity index is 2.70. The van der Waals surface area contributed by atoms with Crippen LogP contribution in [-0.2, 0) is 19.1 Å². The van der Waals surface area contributed by atoms with Crippen molar-refractivity contribution in [3.05, 3.63) is 0 Å². The Bertz CT molecular complexity index is 352. The maximum Gasteiger partial charge on any atom is 0.323 e. The monoisotopic (exact) mass is 326 g/mol. The molecule has 0 amide bonds. The maximum absolute atomic E-state index is 12.4. The van der Waals surface area contributed by atoms with Gasteiger partial charge in [-0.1, -0.05) is 45.4 Å². The molecule has 0 radical (unpaired) electrons. The third-order valence-corrected chi connectivity index (χ3v) is 5.28. The smallest absolute Gasteiger partial charge is 0.323 e. The van der Waals surface area contributed by atoms with Crippen LogP contribution in [0.4, 0.5) is 0 Å². The number of hydrogen-bond donors (Lipinski definition) is 0. The van der Waals surface area contributed by atoms with Crippen molar-refractivity contribution in [1.29, 1.82) is 0 Å². The minimum atomic E-state index is -1.15. The predicted octanol–water partition coefficient (Wildman–Crippen LogP) is 4.51. The minimum absolute atomic E-state index is 0.0306.